The summed E-state index contributed by atoms with van der Waals surface area (Å²) in [7, 11) is -3.45. The Morgan fingerprint density at radius 1 is 1.38 bits per heavy atom. The molecule has 1 amide bonds. The molecule has 8 heteroatoms. The van der Waals surface area contributed by atoms with Gasteiger partial charge in [0.1, 0.15) is 16.9 Å². The van der Waals surface area contributed by atoms with E-state index in [9.17, 15) is 22.0 Å². The number of hydrogen-bond donors (Lipinski definition) is 1. The van der Waals surface area contributed by atoms with Crippen LogP contribution >= 0.6 is 0 Å². The lowest BCUT2D eigenvalue weighted by atomic mass is 10.0. The van der Waals surface area contributed by atoms with E-state index in [0.29, 0.717) is 19.5 Å². The summed E-state index contributed by atoms with van der Waals surface area (Å²) >= 11 is 0. The van der Waals surface area contributed by atoms with Gasteiger partial charge in [-0.3, -0.25) is 9.69 Å². The number of rotatable bonds is 5. The van der Waals surface area contributed by atoms with Crippen LogP contribution in [-0.2, 0) is 21.2 Å². The van der Waals surface area contributed by atoms with Crippen LogP contribution in [0, 0.1) is 11.6 Å². The summed E-state index contributed by atoms with van der Waals surface area (Å²) in [5.74, 6) is -1.72. The number of halogens is 2. The average Bonchev–Trinajstić information content (AvgIpc) is 2.50. The highest BCUT2D eigenvalue weighted by molar-refractivity contribution is 7.92. The quantitative estimate of drug-likeness (QED) is 0.864. The van der Waals surface area contributed by atoms with Crippen molar-refractivity contribution in [3.05, 3.63) is 35.4 Å². The normalized spacial score (nSPS) is 20.6. The fraction of sp³-hybridized carbons (Fsp3) is 0.562. The first-order chi connectivity index (χ1) is 11.2. The van der Waals surface area contributed by atoms with E-state index in [1.165, 1.54) is 25.1 Å². The predicted molar refractivity (Wildman–Crippen MR) is 87.1 cm³/mol. The first kappa shape index (κ1) is 18.8. The number of nitrogens with one attached hydrogen (secondary N) is 1. The van der Waals surface area contributed by atoms with Gasteiger partial charge in [-0.15, -0.1) is 0 Å². The minimum atomic E-state index is -3.45. The SMILES string of the molecule is CC(C(=O)NC1CCCN(Cc2c(F)cccc2F)C1)S(C)(=O)=O. The van der Waals surface area contributed by atoms with Crippen molar-refractivity contribution in [1.82, 2.24) is 10.2 Å². The molecule has 1 saturated heterocycles. The number of hydrogen-bond acceptors (Lipinski definition) is 4. The van der Waals surface area contributed by atoms with Crippen molar-refractivity contribution < 1.29 is 22.0 Å². The van der Waals surface area contributed by atoms with Crippen LogP contribution in [0.25, 0.3) is 0 Å². The highest BCUT2D eigenvalue weighted by Gasteiger charge is 2.28. The van der Waals surface area contributed by atoms with Gasteiger partial charge in [0.05, 0.1) is 0 Å². The molecule has 0 bridgehead atoms. The molecule has 0 radical (unpaired) electrons. The Hall–Kier alpha value is -1.54. The molecule has 1 heterocycles. The predicted octanol–water partition coefficient (Wildman–Crippen LogP) is 1.48. The maximum absolute atomic E-state index is 13.7. The summed E-state index contributed by atoms with van der Waals surface area (Å²) in [6.07, 6.45) is 2.48. The van der Waals surface area contributed by atoms with Crippen LogP contribution in [0.1, 0.15) is 25.3 Å². The lowest BCUT2D eigenvalue weighted by molar-refractivity contribution is -0.121. The van der Waals surface area contributed by atoms with Crippen molar-refractivity contribution in [2.75, 3.05) is 19.3 Å². The highest BCUT2D eigenvalue weighted by atomic mass is 32.2. The Morgan fingerprint density at radius 2 is 2.00 bits per heavy atom. The third kappa shape index (κ3) is 4.73. The number of amides is 1. The molecule has 134 valence electrons. The van der Waals surface area contributed by atoms with Crippen LogP contribution in [0.3, 0.4) is 0 Å². The number of sulfone groups is 1. The number of carbonyl (C=O) groups excluding carboxylic acids is 1. The minimum Gasteiger partial charge on any atom is -0.351 e. The summed E-state index contributed by atoms with van der Waals surface area (Å²) in [5.41, 5.74) is 0.00832. The van der Waals surface area contributed by atoms with Gasteiger partial charge in [0, 0.05) is 31.0 Å². The minimum absolute atomic E-state index is 0.00832. The zero-order valence-electron chi connectivity index (χ0n) is 13.8. The highest BCUT2D eigenvalue weighted by Crippen LogP contribution is 2.18. The molecule has 1 aromatic rings. The summed E-state index contributed by atoms with van der Waals surface area (Å²) in [4.78, 5) is 13.9. The molecule has 0 aliphatic carbocycles. The van der Waals surface area contributed by atoms with Crippen molar-refractivity contribution in [3.63, 3.8) is 0 Å². The maximum atomic E-state index is 13.7. The van der Waals surface area contributed by atoms with E-state index >= 15 is 0 Å². The molecule has 24 heavy (non-hydrogen) atoms. The Labute approximate surface area is 141 Å². The Kier molecular flexibility index (Phi) is 5.92. The maximum Gasteiger partial charge on any atom is 0.238 e. The molecule has 2 rings (SSSR count). The molecule has 1 fully saturated rings. The lowest BCUT2D eigenvalue weighted by Crippen LogP contribution is -2.50. The fourth-order valence-electron chi connectivity index (χ4n) is 2.74. The number of carbonyl (C=O) groups is 1. The molecule has 1 N–H and O–H groups in total. The molecule has 2 unspecified atom stereocenters. The standard InChI is InChI=1S/C16H22F2N2O3S/c1-11(24(2,22)23)16(21)19-12-5-4-8-20(9-12)10-13-14(17)6-3-7-15(13)18/h3,6-7,11-12H,4-5,8-10H2,1-2H3,(H,19,21). The molecule has 1 aromatic carbocycles. The van der Waals surface area contributed by atoms with Crippen LogP contribution in [0.15, 0.2) is 18.2 Å². The van der Waals surface area contributed by atoms with E-state index in [4.69, 9.17) is 0 Å². The lowest BCUT2D eigenvalue weighted by Gasteiger charge is -2.33. The number of piperidine rings is 1. The van der Waals surface area contributed by atoms with Crippen LogP contribution in [0.5, 0.6) is 0 Å². The van der Waals surface area contributed by atoms with E-state index in [0.717, 1.165) is 12.7 Å². The van der Waals surface area contributed by atoms with Gasteiger partial charge in [0.15, 0.2) is 9.84 Å². The average molecular weight is 360 g/mol. The topological polar surface area (TPSA) is 66.5 Å². The number of likely N-dealkylation sites (tertiary alicyclic amines) is 1. The van der Waals surface area contributed by atoms with E-state index < -0.39 is 32.6 Å². The second-order valence-corrected chi connectivity index (χ2v) is 8.62. The zero-order chi connectivity index (χ0) is 17.9. The second kappa shape index (κ2) is 7.57. The van der Waals surface area contributed by atoms with Crippen molar-refractivity contribution in [2.45, 2.75) is 37.6 Å². The summed E-state index contributed by atoms with van der Waals surface area (Å²) in [5, 5.41) is 1.61. The Morgan fingerprint density at radius 3 is 2.58 bits per heavy atom. The van der Waals surface area contributed by atoms with E-state index in [1.54, 1.807) is 0 Å². The van der Waals surface area contributed by atoms with Crippen molar-refractivity contribution in [1.29, 1.82) is 0 Å². The van der Waals surface area contributed by atoms with Crippen LogP contribution in [-0.4, -0.2) is 49.9 Å². The van der Waals surface area contributed by atoms with Gasteiger partial charge >= 0.3 is 0 Å². The molecule has 2 atom stereocenters. The van der Waals surface area contributed by atoms with Gasteiger partial charge in [-0.2, -0.15) is 0 Å². The van der Waals surface area contributed by atoms with Crippen molar-refractivity contribution in [2.24, 2.45) is 0 Å². The van der Waals surface area contributed by atoms with E-state index in [1.807, 2.05) is 4.90 Å². The third-order valence-corrected chi connectivity index (χ3v) is 5.81. The van der Waals surface area contributed by atoms with Gasteiger partial charge in [0.25, 0.3) is 0 Å². The van der Waals surface area contributed by atoms with Gasteiger partial charge in [0.2, 0.25) is 5.91 Å². The van der Waals surface area contributed by atoms with Gasteiger partial charge < -0.3 is 5.32 Å². The molecule has 5 nitrogen and oxygen atoms in total. The van der Waals surface area contributed by atoms with Crippen LogP contribution < -0.4 is 5.32 Å². The van der Waals surface area contributed by atoms with E-state index in [-0.39, 0.29) is 18.2 Å². The fourth-order valence-corrected chi connectivity index (χ4v) is 3.19. The molecule has 0 spiro atoms. The largest absolute Gasteiger partial charge is 0.351 e. The zero-order valence-corrected chi connectivity index (χ0v) is 14.6. The summed E-state index contributed by atoms with van der Waals surface area (Å²) < 4.78 is 50.4. The van der Waals surface area contributed by atoms with E-state index in [2.05, 4.69) is 5.32 Å². The molecular weight excluding hydrogens is 338 g/mol. The van der Waals surface area contributed by atoms with Crippen LogP contribution in [0.4, 0.5) is 8.78 Å². The smallest absolute Gasteiger partial charge is 0.238 e. The summed E-state index contributed by atoms with van der Waals surface area (Å²) in [6, 6.07) is 3.52. The summed E-state index contributed by atoms with van der Waals surface area (Å²) in [6.45, 7) is 2.56. The monoisotopic (exact) mass is 360 g/mol. The van der Waals surface area contributed by atoms with Crippen molar-refractivity contribution >= 4 is 15.7 Å². The second-order valence-electron chi connectivity index (χ2n) is 6.25. The number of nitrogens with zero attached hydrogens (tertiary/aromatic N) is 1. The Bertz CT molecular complexity index is 689. The third-order valence-electron chi connectivity index (χ3n) is 4.31. The molecule has 1 aliphatic heterocycles. The van der Waals surface area contributed by atoms with Gasteiger partial charge in [-0.1, -0.05) is 6.07 Å². The molecule has 1 aliphatic rings. The van der Waals surface area contributed by atoms with Gasteiger partial charge in [-0.25, -0.2) is 17.2 Å². The number of benzene rings is 1. The molecular formula is C16H22F2N2O3S. The van der Waals surface area contributed by atoms with Gasteiger partial charge in [-0.05, 0) is 38.4 Å². The first-order valence-corrected chi connectivity index (χ1v) is 9.78. The Balaban J connectivity index is 1.98. The molecule has 0 saturated carbocycles. The van der Waals surface area contributed by atoms with Crippen LogP contribution in [0.2, 0.25) is 0 Å². The molecule has 0 aromatic heterocycles. The van der Waals surface area contributed by atoms with Crippen molar-refractivity contribution in [3.8, 4) is 0 Å². The first-order valence-electron chi connectivity index (χ1n) is 7.83.